The number of benzene rings is 1. The number of nitrogens with zero attached hydrogens (tertiary/aromatic N) is 1. The summed E-state index contributed by atoms with van der Waals surface area (Å²) < 4.78 is 19.2. The van der Waals surface area contributed by atoms with E-state index in [2.05, 4.69) is 0 Å². The van der Waals surface area contributed by atoms with Gasteiger partial charge in [-0.15, -0.1) is 0 Å². The van der Waals surface area contributed by atoms with Gasteiger partial charge in [-0.05, 0) is 20.3 Å². The second-order valence-corrected chi connectivity index (χ2v) is 4.72. The Kier molecular flexibility index (Phi) is 5.89. The van der Waals surface area contributed by atoms with Crippen molar-refractivity contribution in [2.24, 2.45) is 0 Å². The molecule has 1 aromatic rings. The van der Waals surface area contributed by atoms with Crippen molar-refractivity contribution in [1.82, 2.24) is 0 Å². The molecular weight excluding hydrogens is 247 g/mol. The van der Waals surface area contributed by atoms with Gasteiger partial charge < -0.3 is 20.5 Å². The third-order valence-electron chi connectivity index (χ3n) is 2.65. The van der Waals surface area contributed by atoms with Crippen molar-refractivity contribution in [2.45, 2.75) is 33.3 Å². The summed E-state index contributed by atoms with van der Waals surface area (Å²) in [5.74, 6) is -0.270. The highest BCUT2D eigenvalue weighted by molar-refractivity contribution is 5.70. The quantitative estimate of drug-likeness (QED) is 0.747. The van der Waals surface area contributed by atoms with E-state index in [1.165, 1.54) is 6.07 Å². The summed E-state index contributed by atoms with van der Waals surface area (Å²) in [6, 6.07) is 2.88. The van der Waals surface area contributed by atoms with Crippen LogP contribution in [-0.4, -0.2) is 30.9 Å². The monoisotopic (exact) mass is 270 g/mol. The number of nitrogen functional groups attached to an aromatic ring is 1. The second-order valence-electron chi connectivity index (χ2n) is 4.72. The molecule has 0 fully saturated rings. The van der Waals surface area contributed by atoms with Crippen molar-refractivity contribution < 1.29 is 14.2 Å². The van der Waals surface area contributed by atoms with E-state index in [0.29, 0.717) is 17.9 Å². The Morgan fingerprint density at radius 3 is 2.58 bits per heavy atom. The van der Waals surface area contributed by atoms with Crippen LogP contribution in [0, 0.1) is 5.82 Å². The van der Waals surface area contributed by atoms with E-state index >= 15 is 0 Å². The molecule has 0 atom stereocenters. The molecule has 108 valence electrons. The number of anilines is 2. The molecule has 5 heteroatoms. The third-order valence-corrected chi connectivity index (χ3v) is 2.65. The first-order valence-electron chi connectivity index (χ1n) is 6.61. The van der Waals surface area contributed by atoms with Crippen LogP contribution >= 0.6 is 0 Å². The molecule has 1 aromatic carbocycles. The van der Waals surface area contributed by atoms with Crippen LogP contribution in [-0.2, 0) is 0 Å². The second kappa shape index (κ2) is 7.19. The van der Waals surface area contributed by atoms with Crippen LogP contribution in [0.3, 0.4) is 0 Å². The Balaban J connectivity index is 3.09. The van der Waals surface area contributed by atoms with E-state index in [1.807, 2.05) is 25.7 Å². The lowest BCUT2D eigenvalue weighted by Crippen LogP contribution is -2.28. The van der Waals surface area contributed by atoms with E-state index in [1.54, 1.807) is 6.07 Å². The Bertz CT molecular complexity index is 405. The molecule has 0 aliphatic carbocycles. The molecule has 4 nitrogen and oxygen atoms in total. The third kappa shape index (κ3) is 4.28. The first-order valence-corrected chi connectivity index (χ1v) is 6.61. The first-order chi connectivity index (χ1) is 8.99. The van der Waals surface area contributed by atoms with Crippen molar-refractivity contribution in [2.75, 3.05) is 30.3 Å². The van der Waals surface area contributed by atoms with Gasteiger partial charge in [0.1, 0.15) is 0 Å². The maximum Gasteiger partial charge on any atom is 0.167 e. The van der Waals surface area contributed by atoms with Crippen LogP contribution < -0.4 is 15.4 Å². The van der Waals surface area contributed by atoms with Crippen LogP contribution in [0.4, 0.5) is 15.8 Å². The molecule has 0 heterocycles. The maximum absolute atomic E-state index is 13.8. The van der Waals surface area contributed by atoms with Gasteiger partial charge in [-0.25, -0.2) is 4.39 Å². The van der Waals surface area contributed by atoms with E-state index < -0.39 is 5.82 Å². The number of aliphatic hydroxyl groups is 1. The Morgan fingerprint density at radius 2 is 2.05 bits per heavy atom. The molecule has 0 radical (unpaired) electrons. The van der Waals surface area contributed by atoms with Gasteiger partial charge in [0.15, 0.2) is 11.6 Å². The van der Waals surface area contributed by atoms with Crippen molar-refractivity contribution in [1.29, 1.82) is 0 Å². The molecule has 0 unspecified atom stereocenters. The van der Waals surface area contributed by atoms with Crippen molar-refractivity contribution in [3.63, 3.8) is 0 Å². The number of nitrogens with two attached hydrogens (primary N) is 1. The molecule has 0 aromatic heterocycles. The van der Waals surface area contributed by atoms with Gasteiger partial charge in [-0.2, -0.15) is 0 Å². The zero-order chi connectivity index (χ0) is 14.4. The summed E-state index contributed by atoms with van der Waals surface area (Å²) >= 11 is 0. The normalized spacial score (nSPS) is 10.8. The number of aliphatic hydroxyl groups excluding tert-OH is 1. The predicted octanol–water partition coefficient (Wildman–Crippen LogP) is 2.40. The number of hydrogen-bond donors (Lipinski definition) is 2. The Hall–Kier alpha value is -1.49. The molecule has 3 N–H and O–H groups in total. The minimum Gasteiger partial charge on any atom is -0.488 e. The van der Waals surface area contributed by atoms with Gasteiger partial charge in [0, 0.05) is 25.2 Å². The van der Waals surface area contributed by atoms with Crippen LogP contribution in [0.2, 0.25) is 0 Å². The summed E-state index contributed by atoms with van der Waals surface area (Å²) in [6.07, 6.45) is 0.806. The summed E-state index contributed by atoms with van der Waals surface area (Å²) in [5.41, 5.74) is 6.92. The van der Waals surface area contributed by atoms with E-state index in [4.69, 9.17) is 15.6 Å². The van der Waals surface area contributed by atoms with Crippen molar-refractivity contribution >= 4 is 11.4 Å². The van der Waals surface area contributed by atoms with Gasteiger partial charge in [0.25, 0.3) is 0 Å². The highest BCUT2D eigenvalue weighted by Crippen LogP contribution is 2.31. The van der Waals surface area contributed by atoms with E-state index in [9.17, 15) is 4.39 Å². The number of hydrogen-bond acceptors (Lipinski definition) is 4. The summed E-state index contributed by atoms with van der Waals surface area (Å²) in [6.45, 7) is 6.95. The van der Waals surface area contributed by atoms with Crippen LogP contribution in [0.25, 0.3) is 0 Å². The zero-order valence-electron chi connectivity index (χ0n) is 11.8. The maximum atomic E-state index is 13.8. The average Bonchev–Trinajstić information content (AvgIpc) is 2.32. The molecule has 0 aliphatic heterocycles. The van der Waals surface area contributed by atoms with Crippen LogP contribution in [0.1, 0.15) is 27.2 Å². The molecule has 0 spiro atoms. The molecule has 0 saturated heterocycles. The summed E-state index contributed by atoms with van der Waals surface area (Å²) in [7, 11) is 0. The average molecular weight is 270 g/mol. The highest BCUT2D eigenvalue weighted by atomic mass is 19.1. The fourth-order valence-electron chi connectivity index (χ4n) is 1.92. The Morgan fingerprint density at radius 1 is 1.37 bits per heavy atom. The predicted molar refractivity (Wildman–Crippen MR) is 76.2 cm³/mol. The lowest BCUT2D eigenvalue weighted by Gasteiger charge is -2.26. The van der Waals surface area contributed by atoms with Gasteiger partial charge >= 0.3 is 0 Å². The topological polar surface area (TPSA) is 58.7 Å². The molecular formula is C14H23FN2O2. The SMILES string of the molecule is CCCN(CCO)c1cc(OC(C)C)c(F)cc1N. The minimum atomic E-state index is -0.463. The lowest BCUT2D eigenvalue weighted by atomic mass is 10.2. The molecule has 0 aliphatic rings. The lowest BCUT2D eigenvalue weighted by molar-refractivity contribution is 0.231. The van der Waals surface area contributed by atoms with Crippen LogP contribution in [0.5, 0.6) is 5.75 Å². The largest absolute Gasteiger partial charge is 0.488 e. The first kappa shape index (κ1) is 15.6. The van der Waals surface area contributed by atoms with E-state index in [0.717, 1.165) is 13.0 Å². The molecule has 0 saturated carbocycles. The molecule has 0 bridgehead atoms. The highest BCUT2D eigenvalue weighted by Gasteiger charge is 2.15. The molecule has 1 rings (SSSR count). The van der Waals surface area contributed by atoms with Crippen LogP contribution in [0.15, 0.2) is 12.1 Å². The smallest absolute Gasteiger partial charge is 0.167 e. The van der Waals surface area contributed by atoms with Gasteiger partial charge in [-0.1, -0.05) is 6.92 Å². The standard InChI is InChI=1S/C14H23FN2O2/c1-4-5-17(6-7-18)13-9-14(19-10(2)3)11(15)8-12(13)16/h8-10,18H,4-7,16H2,1-3H3. The minimum absolute atomic E-state index is 0.0250. The van der Waals surface area contributed by atoms with Gasteiger partial charge in [-0.3, -0.25) is 0 Å². The van der Waals surface area contributed by atoms with Crippen molar-refractivity contribution in [3.8, 4) is 5.75 Å². The van der Waals surface area contributed by atoms with Gasteiger partial charge in [0.05, 0.1) is 24.1 Å². The Labute approximate surface area is 114 Å². The summed E-state index contributed by atoms with van der Waals surface area (Å²) in [4.78, 5) is 1.93. The van der Waals surface area contributed by atoms with E-state index in [-0.39, 0.29) is 18.5 Å². The van der Waals surface area contributed by atoms with Gasteiger partial charge in [0.2, 0.25) is 0 Å². The number of rotatable bonds is 7. The summed E-state index contributed by atoms with van der Waals surface area (Å²) in [5, 5.41) is 9.10. The number of halogens is 1. The molecule has 19 heavy (non-hydrogen) atoms. The zero-order valence-corrected chi connectivity index (χ0v) is 11.8. The fraction of sp³-hybridized carbons (Fsp3) is 0.571. The molecule has 0 amide bonds. The van der Waals surface area contributed by atoms with Crippen molar-refractivity contribution in [3.05, 3.63) is 17.9 Å². The fourth-order valence-corrected chi connectivity index (χ4v) is 1.92. The number of ether oxygens (including phenoxy) is 1.